The van der Waals surface area contributed by atoms with Gasteiger partial charge in [-0.15, -0.1) is 0 Å². The monoisotopic (exact) mass is 263 g/mol. The molecule has 0 radical (unpaired) electrons. The fourth-order valence-corrected chi connectivity index (χ4v) is 3.09. The first kappa shape index (κ1) is 13.9. The van der Waals surface area contributed by atoms with E-state index in [0.717, 1.165) is 37.1 Å². The summed E-state index contributed by atoms with van der Waals surface area (Å²) >= 11 is 0. The number of carbonyl (C=O) groups is 1. The van der Waals surface area contributed by atoms with E-state index < -0.39 is 11.5 Å². The van der Waals surface area contributed by atoms with E-state index in [1.54, 1.807) is 7.11 Å². The van der Waals surface area contributed by atoms with Gasteiger partial charge in [0.25, 0.3) is 0 Å². The third-order valence-electron chi connectivity index (χ3n) is 3.85. The lowest BCUT2D eigenvalue weighted by Gasteiger charge is -2.39. The first-order chi connectivity index (χ1) is 9.11. The van der Waals surface area contributed by atoms with E-state index in [-0.39, 0.29) is 6.42 Å². The molecule has 0 heterocycles. The topological polar surface area (TPSA) is 58.6 Å². The van der Waals surface area contributed by atoms with Gasteiger partial charge in [0.15, 0.2) is 0 Å². The molecular formula is C15H21NO3. The quantitative estimate of drug-likeness (QED) is 0.856. The van der Waals surface area contributed by atoms with E-state index in [4.69, 9.17) is 4.74 Å². The number of hydrogen-bond acceptors (Lipinski definition) is 3. The van der Waals surface area contributed by atoms with Gasteiger partial charge < -0.3 is 15.2 Å². The molecule has 0 saturated carbocycles. The number of aryl methyl sites for hydroxylation is 1. The van der Waals surface area contributed by atoms with Crippen LogP contribution >= 0.6 is 0 Å². The standard InChI is InChI=1S/C15H21NO3/c1-3-16-15(10-14(17)18)8-4-5-11-6-7-12(19-2)9-13(11)15/h6-7,9,16H,3-5,8,10H2,1-2H3,(H,17,18). The number of ether oxygens (including phenoxy) is 1. The molecule has 0 aromatic heterocycles. The zero-order valence-electron chi connectivity index (χ0n) is 11.5. The Hall–Kier alpha value is -1.55. The van der Waals surface area contributed by atoms with E-state index in [1.165, 1.54) is 5.56 Å². The Labute approximate surface area is 113 Å². The lowest BCUT2D eigenvalue weighted by Crippen LogP contribution is -2.46. The van der Waals surface area contributed by atoms with Crippen LogP contribution in [0.3, 0.4) is 0 Å². The highest BCUT2D eigenvalue weighted by Crippen LogP contribution is 2.39. The number of nitrogens with one attached hydrogen (secondary N) is 1. The van der Waals surface area contributed by atoms with Crippen LogP contribution in [0, 0.1) is 0 Å². The summed E-state index contributed by atoms with van der Waals surface area (Å²) in [7, 11) is 1.64. The van der Waals surface area contributed by atoms with Crippen molar-refractivity contribution in [3.05, 3.63) is 29.3 Å². The molecule has 1 aliphatic carbocycles. The molecule has 1 atom stereocenters. The van der Waals surface area contributed by atoms with Crippen molar-refractivity contribution < 1.29 is 14.6 Å². The molecular weight excluding hydrogens is 242 g/mol. The molecule has 4 nitrogen and oxygen atoms in total. The molecule has 1 aliphatic rings. The van der Waals surface area contributed by atoms with Crippen LogP contribution in [0.5, 0.6) is 5.75 Å². The molecule has 4 heteroatoms. The van der Waals surface area contributed by atoms with Crippen LogP contribution in [-0.2, 0) is 16.8 Å². The zero-order chi connectivity index (χ0) is 13.9. The Morgan fingerprint density at radius 3 is 2.95 bits per heavy atom. The molecule has 0 spiro atoms. The Morgan fingerprint density at radius 1 is 1.53 bits per heavy atom. The lowest BCUT2D eigenvalue weighted by molar-refractivity contribution is -0.139. The highest BCUT2D eigenvalue weighted by atomic mass is 16.5. The van der Waals surface area contributed by atoms with Crippen LogP contribution in [0.15, 0.2) is 18.2 Å². The van der Waals surface area contributed by atoms with Crippen molar-refractivity contribution in [3.63, 3.8) is 0 Å². The van der Waals surface area contributed by atoms with Crippen LogP contribution in [0.4, 0.5) is 0 Å². The highest BCUT2D eigenvalue weighted by molar-refractivity contribution is 5.69. The number of rotatable bonds is 5. The second-order valence-electron chi connectivity index (χ2n) is 5.06. The van der Waals surface area contributed by atoms with Crippen molar-refractivity contribution in [2.45, 2.75) is 38.1 Å². The molecule has 2 rings (SSSR count). The van der Waals surface area contributed by atoms with E-state index in [2.05, 4.69) is 11.4 Å². The van der Waals surface area contributed by atoms with Crippen LogP contribution in [-0.4, -0.2) is 24.7 Å². The molecule has 0 bridgehead atoms. The first-order valence-electron chi connectivity index (χ1n) is 6.75. The Balaban J connectivity index is 2.48. The van der Waals surface area contributed by atoms with Crippen LogP contribution < -0.4 is 10.1 Å². The minimum atomic E-state index is -0.767. The number of methoxy groups -OCH3 is 1. The summed E-state index contributed by atoms with van der Waals surface area (Å²) in [6, 6.07) is 5.99. The molecule has 1 aromatic rings. The molecule has 104 valence electrons. The fourth-order valence-electron chi connectivity index (χ4n) is 3.09. The molecule has 0 aliphatic heterocycles. The first-order valence-corrected chi connectivity index (χ1v) is 6.75. The van der Waals surface area contributed by atoms with Crippen molar-refractivity contribution >= 4 is 5.97 Å². The van der Waals surface area contributed by atoms with Gasteiger partial charge in [0.1, 0.15) is 5.75 Å². The number of carboxylic acid groups (broad SMARTS) is 1. The fraction of sp³-hybridized carbons (Fsp3) is 0.533. The number of aliphatic carboxylic acids is 1. The molecule has 2 N–H and O–H groups in total. The van der Waals surface area contributed by atoms with E-state index >= 15 is 0 Å². The van der Waals surface area contributed by atoms with Gasteiger partial charge in [0.2, 0.25) is 0 Å². The Kier molecular flexibility index (Phi) is 4.10. The van der Waals surface area contributed by atoms with Gasteiger partial charge >= 0.3 is 5.97 Å². The molecule has 0 fully saturated rings. The molecule has 0 amide bonds. The summed E-state index contributed by atoms with van der Waals surface area (Å²) in [5, 5.41) is 12.6. The normalized spacial score (nSPS) is 21.8. The van der Waals surface area contributed by atoms with Gasteiger partial charge in [-0.2, -0.15) is 0 Å². The van der Waals surface area contributed by atoms with Crippen molar-refractivity contribution in [1.29, 1.82) is 0 Å². The summed E-state index contributed by atoms with van der Waals surface area (Å²) in [5.41, 5.74) is 1.86. The Bertz CT molecular complexity index is 472. The zero-order valence-corrected chi connectivity index (χ0v) is 11.5. The number of carboxylic acids is 1. The van der Waals surface area contributed by atoms with Crippen molar-refractivity contribution in [3.8, 4) is 5.75 Å². The van der Waals surface area contributed by atoms with Crippen molar-refractivity contribution in [1.82, 2.24) is 5.32 Å². The maximum absolute atomic E-state index is 11.2. The van der Waals surface area contributed by atoms with Gasteiger partial charge in [-0.05, 0) is 49.1 Å². The second kappa shape index (κ2) is 5.61. The predicted octanol–water partition coefficient (Wildman–Crippen LogP) is 2.31. The number of fused-ring (bicyclic) bond motifs is 1. The second-order valence-corrected chi connectivity index (χ2v) is 5.06. The SMILES string of the molecule is CCNC1(CC(=O)O)CCCc2ccc(OC)cc21. The predicted molar refractivity (Wildman–Crippen MR) is 73.5 cm³/mol. The maximum Gasteiger partial charge on any atom is 0.305 e. The smallest absolute Gasteiger partial charge is 0.305 e. The Morgan fingerprint density at radius 2 is 2.32 bits per heavy atom. The summed E-state index contributed by atoms with van der Waals surface area (Å²) in [6.07, 6.45) is 2.99. The van der Waals surface area contributed by atoms with Gasteiger partial charge in [-0.25, -0.2) is 0 Å². The molecule has 1 aromatic carbocycles. The minimum absolute atomic E-state index is 0.112. The van der Waals surface area contributed by atoms with E-state index in [9.17, 15) is 9.90 Å². The van der Waals surface area contributed by atoms with Gasteiger partial charge in [0.05, 0.1) is 19.1 Å². The third-order valence-corrected chi connectivity index (χ3v) is 3.85. The average molecular weight is 263 g/mol. The third kappa shape index (κ3) is 2.73. The minimum Gasteiger partial charge on any atom is -0.497 e. The summed E-state index contributed by atoms with van der Waals surface area (Å²) in [6.45, 7) is 2.77. The van der Waals surface area contributed by atoms with Crippen LogP contribution in [0.25, 0.3) is 0 Å². The summed E-state index contributed by atoms with van der Waals surface area (Å²) in [4.78, 5) is 11.2. The van der Waals surface area contributed by atoms with Gasteiger partial charge in [0, 0.05) is 0 Å². The summed E-state index contributed by atoms with van der Waals surface area (Å²) in [5.74, 6) is 0.0185. The van der Waals surface area contributed by atoms with Crippen molar-refractivity contribution in [2.75, 3.05) is 13.7 Å². The van der Waals surface area contributed by atoms with Gasteiger partial charge in [-0.3, -0.25) is 4.79 Å². The van der Waals surface area contributed by atoms with Crippen LogP contribution in [0.2, 0.25) is 0 Å². The van der Waals surface area contributed by atoms with Crippen LogP contribution in [0.1, 0.15) is 37.3 Å². The maximum atomic E-state index is 11.2. The number of hydrogen-bond donors (Lipinski definition) is 2. The lowest BCUT2D eigenvalue weighted by atomic mass is 9.74. The molecule has 0 saturated heterocycles. The molecule has 1 unspecified atom stereocenters. The largest absolute Gasteiger partial charge is 0.497 e. The summed E-state index contributed by atoms with van der Waals surface area (Å²) < 4.78 is 5.28. The van der Waals surface area contributed by atoms with E-state index in [1.807, 2.05) is 19.1 Å². The number of benzene rings is 1. The van der Waals surface area contributed by atoms with Gasteiger partial charge in [-0.1, -0.05) is 13.0 Å². The van der Waals surface area contributed by atoms with Crippen molar-refractivity contribution in [2.24, 2.45) is 0 Å². The van der Waals surface area contributed by atoms with E-state index in [0.29, 0.717) is 0 Å². The highest BCUT2D eigenvalue weighted by Gasteiger charge is 2.38. The molecule has 19 heavy (non-hydrogen) atoms. The average Bonchev–Trinajstić information content (AvgIpc) is 2.38.